The fourth-order valence-electron chi connectivity index (χ4n) is 2.05. The number of hydrogen-bond donors (Lipinski definition) is 1. The van der Waals surface area contributed by atoms with Crippen molar-refractivity contribution in [2.24, 2.45) is 0 Å². The van der Waals surface area contributed by atoms with E-state index < -0.39 is 0 Å². The van der Waals surface area contributed by atoms with Crippen molar-refractivity contribution < 1.29 is 9.47 Å². The lowest BCUT2D eigenvalue weighted by Gasteiger charge is -2.15. The Bertz CT molecular complexity index is 545. The predicted molar refractivity (Wildman–Crippen MR) is 86.2 cm³/mol. The van der Waals surface area contributed by atoms with Crippen LogP contribution in [0.25, 0.3) is 0 Å². The molecule has 0 atom stereocenters. The van der Waals surface area contributed by atoms with Gasteiger partial charge in [-0.3, -0.25) is 0 Å². The van der Waals surface area contributed by atoms with E-state index in [1.165, 1.54) is 0 Å². The molecule has 0 fully saturated rings. The summed E-state index contributed by atoms with van der Waals surface area (Å²) in [7, 11) is 1.92. The monoisotopic (exact) mass is 306 g/mol. The lowest BCUT2D eigenvalue weighted by molar-refractivity contribution is 0.264. The van der Waals surface area contributed by atoms with Crippen molar-refractivity contribution in [2.75, 3.05) is 13.7 Å². The van der Waals surface area contributed by atoms with Crippen LogP contribution in [0, 0.1) is 0 Å². The van der Waals surface area contributed by atoms with Crippen molar-refractivity contribution in [3.63, 3.8) is 0 Å². The highest BCUT2D eigenvalue weighted by atomic mass is 32.1. The topological polar surface area (TPSA) is 43.4 Å². The number of thiazole rings is 1. The zero-order valence-corrected chi connectivity index (χ0v) is 13.6. The van der Waals surface area contributed by atoms with E-state index in [0.29, 0.717) is 13.2 Å². The maximum absolute atomic E-state index is 6.00. The molecule has 21 heavy (non-hydrogen) atoms. The lowest BCUT2D eigenvalue weighted by Crippen LogP contribution is -2.09. The molecule has 114 valence electrons. The van der Waals surface area contributed by atoms with E-state index in [4.69, 9.17) is 9.47 Å². The third kappa shape index (κ3) is 4.19. The summed E-state index contributed by atoms with van der Waals surface area (Å²) in [4.78, 5) is 4.53. The molecular weight excluding hydrogens is 284 g/mol. The summed E-state index contributed by atoms with van der Waals surface area (Å²) in [6.45, 7) is 5.92. The first-order valence-corrected chi connectivity index (χ1v) is 8.11. The van der Waals surface area contributed by atoms with Crippen LogP contribution in [-0.4, -0.2) is 18.6 Å². The van der Waals surface area contributed by atoms with Gasteiger partial charge in [-0.25, -0.2) is 4.98 Å². The molecule has 0 saturated heterocycles. The predicted octanol–water partition coefficient (Wildman–Crippen LogP) is 3.40. The quantitative estimate of drug-likeness (QED) is 0.812. The highest BCUT2D eigenvalue weighted by Gasteiger charge is 2.11. The number of benzene rings is 1. The SMILES string of the molecule is CCOc1cccc(CNC)c1OCc1csc(CC)n1. The van der Waals surface area contributed by atoms with E-state index in [0.717, 1.165) is 40.7 Å². The third-order valence-corrected chi connectivity index (χ3v) is 4.04. The second-order valence-corrected chi connectivity index (χ2v) is 5.53. The summed E-state index contributed by atoms with van der Waals surface area (Å²) in [6, 6.07) is 5.98. The Morgan fingerprint density at radius 1 is 1.24 bits per heavy atom. The Hall–Kier alpha value is -1.59. The molecule has 0 aliphatic carbocycles. The van der Waals surface area contributed by atoms with Crippen LogP contribution in [0.1, 0.15) is 30.1 Å². The van der Waals surface area contributed by atoms with E-state index in [1.54, 1.807) is 11.3 Å². The molecule has 0 aliphatic heterocycles. The standard InChI is InChI=1S/C16H22N2O2S/c1-4-15-18-13(11-21-15)10-20-16-12(9-17-3)7-6-8-14(16)19-5-2/h6-8,11,17H,4-5,9-10H2,1-3H3. The van der Waals surface area contributed by atoms with E-state index in [9.17, 15) is 0 Å². The summed E-state index contributed by atoms with van der Waals surface area (Å²) < 4.78 is 11.7. The van der Waals surface area contributed by atoms with Gasteiger partial charge in [0.2, 0.25) is 0 Å². The minimum atomic E-state index is 0.470. The third-order valence-electron chi connectivity index (χ3n) is 2.99. The summed E-state index contributed by atoms with van der Waals surface area (Å²) >= 11 is 1.68. The van der Waals surface area contributed by atoms with Crippen LogP contribution >= 0.6 is 11.3 Å². The largest absolute Gasteiger partial charge is 0.490 e. The molecule has 1 aromatic carbocycles. The van der Waals surface area contributed by atoms with Gasteiger partial charge in [0, 0.05) is 17.5 Å². The van der Waals surface area contributed by atoms with Crippen molar-refractivity contribution in [3.8, 4) is 11.5 Å². The average Bonchev–Trinajstić information content (AvgIpc) is 2.95. The van der Waals surface area contributed by atoms with Crippen LogP contribution in [0.5, 0.6) is 11.5 Å². The van der Waals surface area contributed by atoms with Crippen molar-refractivity contribution in [1.82, 2.24) is 10.3 Å². The zero-order chi connectivity index (χ0) is 15.1. The van der Waals surface area contributed by atoms with E-state index in [1.807, 2.05) is 32.2 Å². The van der Waals surface area contributed by atoms with Gasteiger partial charge in [0.05, 0.1) is 17.3 Å². The van der Waals surface area contributed by atoms with E-state index in [-0.39, 0.29) is 0 Å². The van der Waals surface area contributed by atoms with Gasteiger partial charge < -0.3 is 14.8 Å². The average molecular weight is 306 g/mol. The molecule has 0 bridgehead atoms. The molecule has 5 heteroatoms. The van der Waals surface area contributed by atoms with Crippen LogP contribution < -0.4 is 14.8 Å². The van der Waals surface area contributed by atoms with Gasteiger partial charge in [-0.05, 0) is 26.5 Å². The first-order valence-electron chi connectivity index (χ1n) is 7.23. The number of ether oxygens (including phenoxy) is 2. The summed E-state index contributed by atoms with van der Waals surface area (Å²) in [5.41, 5.74) is 2.06. The summed E-state index contributed by atoms with van der Waals surface area (Å²) in [5, 5.41) is 6.35. The fourth-order valence-corrected chi connectivity index (χ4v) is 2.78. The number of hydrogen-bond acceptors (Lipinski definition) is 5. The minimum absolute atomic E-state index is 0.470. The van der Waals surface area contributed by atoms with Gasteiger partial charge in [-0.1, -0.05) is 19.1 Å². The van der Waals surface area contributed by atoms with Crippen LogP contribution in [0.2, 0.25) is 0 Å². The molecule has 0 spiro atoms. The van der Waals surface area contributed by atoms with Crippen molar-refractivity contribution in [3.05, 3.63) is 39.8 Å². The molecule has 0 aliphatic rings. The molecule has 0 amide bonds. The Morgan fingerprint density at radius 2 is 2.10 bits per heavy atom. The van der Waals surface area contributed by atoms with Gasteiger partial charge >= 0.3 is 0 Å². The number of nitrogens with one attached hydrogen (secondary N) is 1. The normalized spacial score (nSPS) is 10.6. The lowest BCUT2D eigenvalue weighted by atomic mass is 10.2. The zero-order valence-electron chi connectivity index (χ0n) is 12.8. The number of nitrogens with zero attached hydrogens (tertiary/aromatic N) is 1. The van der Waals surface area contributed by atoms with Crippen molar-refractivity contribution in [2.45, 2.75) is 33.4 Å². The summed E-state index contributed by atoms with van der Waals surface area (Å²) in [5.74, 6) is 1.59. The molecule has 1 aromatic heterocycles. The second-order valence-electron chi connectivity index (χ2n) is 4.58. The molecule has 2 aromatic rings. The molecule has 1 heterocycles. The Balaban J connectivity index is 2.15. The van der Waals surface area contributed by atoms with Gasteiger partial charge in [0.15, 0.2) is 11.5 Å². The maximum atomic E-state index is 6.00. The maximum Gasteiger partial charge on any atom is 0.166 e. The van der Waals surface area contributed by atoms with Crippen LogP contribution in [-0.2, 0) is 19.6 Å². The molecule has 1 N–H and O–H groups in total. The van der Waals surface area contributed by atoms with Crippen molar-refractivity contribution in [1.29, 1.82) is 0 Å². The summed E-state index contributed by atoms with van der Waals surface area (Å²) in [6.07, 6.45) is 0.963. The Kier molecular flexibility index (Phi) is 6.02. The molecule has 0 unspecified atom stereocenters. The number of rotatable bonds is 8. The minimum Gasteiger partial charge on any atom is -0.490 e. The number of aryl methyl sites for hydroxylation is 1. The number of aromatic nitrogens is 1. The molecule has 0 radical (unpaired) electrons. The smallest absolute Gasteiger partial charge is 0.166 e. The van der Waals surface area contributed by atoms with Crippen LogP contribution in [0.4, 0.5) is 0 Å². The Labute approximate surface area is 130 Å². The van der Waals surface area contributed by atoms with Gasteiger partial charge in [-0.15, -0.1) is 11.3 Å². The van der Waals surface area contributed by atoms with Gasteiger partial charge in [0.25, 0.3) is 0 Å². The Morgan fingerprint density at radius 3 is 2.76 bits per heavy atom. The first kappa shape index (κ1) is 15.8. The first-order chi connectivity index (χ1) is 10.3. The molecule has 2 rings (SSSR count). The molecule has 0 saturated carbocycles. The van der Waals surface area contributed by atoms with Gasteiger partial charge in [0.1, 0.15) is 6.61 Å². The molecule has 4 nitrogen and oxygen atoms in total. The molecular formula is C16H22N2O2S. The highest BCUT2D eigenvalue weighted by Crippen LogP contribution is 2.32. The van der Waals surface area contributed by atoms with Crippen LogP contribution in [0.3, 0.4) is 0 Å². The fraction of sp³-hybridized carbons (Fsp3) is 0.438. The highest BCUT2D eigenvalue weighted by molar-refractivity contribution is 7.09. The second kappa shape index (κ2) is 8.00. The van der Waals surface area contributed by atoms with Crippen LogP contribution in [0.15, 0.2) is 23.6 Å². The van der Waals surface area contributed by atoms with Crippen molar-refractivity contribution >= 4 is 11.3 Å². The van der Waals surface area contributed by atoms with Gasteiger partial charge in [-0.2, -0.15) is 0 Å². The number of para-hydroxylation sites is 1. The van der Waals surface area contributed by atoms with E-state index in [2.05, 4.69) is 22.6 Å². The van der Waals surface area contributed by atoms with E-state index >= 15 is 0 Å².